The minimum Gasteiger partial charge on any atom is -0.370 e. The van der Waals surface area contributed by atoms with Crippen LogP contribution < -0.4 is 10.6 Å². The number of halogens is 1. The second kappa shape index (κ2) is 6.05. The van der Waals surface area contributed by atoms with Crippen LogP contribution in [0, 0.1) is 0 Å². The van der Waals surface area contributed by atoms with Crippen molar-refractivity contribution in [1.82, 2.24) is 10.3 Å². The second-order valence-corrected chi connectivity index (χ2v) is 4.96. The van der Waals surface area contributed by atoms with Gasteiger partial charge >= 0.3 is 0 Å². The van der Waals surface area contributed by atoms with Gasteiger partial charge in [-0.05, 0) is 37.8 Å². The Kier molecular flexibility index (Phi) is 4.42. The Morgan fingerprint density at radius 3 is 2.89 bits per heavy atom. The molecule has 1 fully saturated rings. The molecule has 0 atom stereocenters. The Balaban J connectivity index is 2.06. The van der Waals surface area contributed by atoms with Crippen LogP contribution in [0.15, 0.2) is 12.1 Å². The molecule has 0 unspecified atom stereocenters. The highest BCUT2D eigenvalue weighted by Gasteiger charge is 2.22. The van der Waals surface area contributed by atoms with Crippen LogP contribution in [-0.2, 0) is 0 Å². The van der Waals surface area contributed by atoms with E-state index in [0.29, 0.717) is 22.6 Å². The molecule has 1 saturated carbocycles. The molecule has 1 heterocycles. The number of anilines is 1. The maximum Gasteiger partial charge on any atom is 0.271 e. The minimum absolute atomic E-state index is 0.176. The lowest BCUT2D eigenvalue weighted by atomic mass is 9.93. The summed E-state index contributed by atoms with van der Waals surface area (Å²) in [5.41, 5.74) is 0.310. The fraction of sp³-hybridized carbons (Fsp3) is 0.538. The van der Waals surface area contributed by atoms with Crippen molar-refractivity contribution >= 4 is 23.3 Å². The highest BCUT2D eigenvalue weighted by molar-refractivity contribution is 6.33. The number of hydrogen-bond donors (Lipinski definition) is 2. The number of aromatic nitrogens is 1. The zero-order valence-electron chi connectivity index (χ0n) is 10.5. The molecule has 0 aromatic carbocycles. The minimum atomic E-state index is -0.176. The van der Waals surface area contributed by atoms with Crippen molar-refractivity contribution in [1.29, 1.82) is 0 Å². The van der Waals surface area contributed by atoms with E-state index in [-0.39, 0.29) is 5.91 Å². The lowest BCUT2D eigenvalue weighted by Crippen LogP contribution is -2.40. The van der Waals surface area contributed by atoms with E-state index in [0.717, 1.165) is 25.8 Å². The van der Waals surface area contributed by atoms with Crippen LogP contribution in [0.4, 0.5) is 5.82 Å². The molecular weight excluding hydrogens is 250 g/mol. The average molecular weight is 268 g/mol. The summed E-state index contributed by atoms with van der Waals surface area (Å²) < 4.78 is 0. The fourth-order valence-electron chi connectivity index (χ4n) is 1.76. The summed E-state index contributed by atoms with van der Waals surface area (Å²) in [5.74, 6) is 0.518. The molecule has 0 bridgehead atoms. The summed E-state index contributed by atoms with van der Waals surface area (Å²) in [5, 5.41) is 6.49. The van der Waals surface area contributed by atoms with Crippen molar-refractivity contribution in [2.45, 2.75) is 38.6 Å². The Hall–Kier alpha value is -1.29. The maximum absolute atomic E-state index is 12.0. The molecule has 4 nitrogen and oxygen atoms in total. The summed E-state index contributed by atoms with van der Waals surface area (Å²) in [6.45, 7) is 2.91. The Bertz CT molecular complexity index is 432. The third kappa shape index (κ3) is 3.13. The van der Waals surface area contributed by atoms with E-state index < -0.39 is 0 Å². The second-order valence-electron chi connectivity index (χ2n) is 4.55. The van der Waals surface area contributed by atoms with Gasteiger partial charge in [0.15, 0.2) is 0 Å². The quantitative estimate of drug-likeness (QED) is 0.863. The Morgan fingerprint density at radius 1 is 1.50 bits per heavy atom. The third-order valence-electron chi connectivity index (χ3n) is 3.06. The number of nitrogens with zero attached hydrogens (tertiary/aromatic N) is 1. The van der Waals surface area contributed by atoms with Crippen LogP contribution in [-0.4, -0.2) is 23.5 Å². The summed E-state index contributed by atoms with van der Waals surface area (Å²) in [6, 6.07) is 3.79. The molecule has 1 aliphatic rings. The van der Waals surface area contributed by atoms with Crippen LogP contribution in [0.2, 0.25) is 5.02 Å². The predicted octanol–water partition coefficient (Wildman–Crippen LogP) is 2.84. The molecule has 1 aromatic rings. The van der Waals surface area contributed by atoms with Crippen molar-refractivity contribution in [3.8, 4) is 0 Å². The first-order valence-corrected chi connectivity index (χ1v) is 6.79. The monoisotopic (exact) mass is 267 g/mol. The van der Waals surface area contributed by atoms with Gasteiger partial charge in [-0.15, -0.1) is 0 Å². The molecule has 0 saturated heterocycles. The fourth-order valence-corrected chi connectivity index (χ4v) is 1.95. The molecule has 98 valence electrons. The van der Waals surface area contributed by atoms with Gasteiger partial charge < -0.3 is 10.6 Å². The van der Waals surface area contributed by atoms with Gasteiger partial charge in [0.1, 0.15) is 11.5 Å². The summed E-state index contributed by atoms with van der Waals surface area (Å²) in [4.78, 5) is 16.3. The normalized spacial score (nSPS) is 15.0. The Labute approximate surface area is 112 Å². The van der Waals surface area contributed by atoms with Gasteiger partial charge in [0.25, 0.3) is 5.91 Å². The van der Waals surface area contributed by atoms with Crippen LogP contribution >= 0.6 is 11.6 Å². The first-order chi connectivity index (χ1) is 8.70. The third-order valence-corrected chi connectivity index (χ3v) is 3.36. The Morgan fingerprint density at radius 2 is 2.28 bits per heavy atom. The van der Waals surface area contributed by atoms with Crippen LogP contribution in [0.5, 0.6) is 0 Å². The van der Waals surface area contributed by atoms with Crippen LogP contribution in [0.25, 0.3) is 0 Å². The van der Waals surface area contributed by atoms with E-state index in [9.17, 15) is 4.79 Å². The molecule has 18 heavy (non-hydrogen) atoms. The molecule has 0 spiro atoms. The predicted molar refractivity (Wildman–Crippen MR) is 73.1 cm³/mol. The van der Waals surface area contributed by atoms with E-state index in [1.807, 2.05) is 0 Å². The molecule has 1 aliphatic carbocycles. The molecule has 0 aliphatic heterocycles. The first-order valence-electron chi connectivity index (χ1n) is 6.42. The van der Waals surface area contributed by atoms with Gasteiger partial charge in [-0.25, -0.2) is 4.98 Å². The first kappa shape index (κ1) is 13.1. The number of pyridine rings is 1. The van der Waals surface area contributed by atoms with Crippen LogP contribution in [0.1, 0.15) is 43.1 Å². The van der Waals surface area contributed by atoms with Crippen molar-refractivity contribution in [3.05, 3.63) is 22.8 Å². The molecule has 1 amide bonds. The number of carbonyl (C=O) groups excluding carboxylic acids is 1. The largest absolute Gasteiger partial charge is 0.370 e. The van der Waals surface area contributed by atoms with Gasteiger partial charge in [-0.1, -0.05) is 18.5 Å². The number of hydrogen-bond acceptors (Lipinski definition) is 3. The maximum atomic E-state index is 12.0. The van der Waals surface area contributed by atoms with Crippen molar-refractivity contribution in [2.24, 2.45) is 0 Å². The standard InChI is InChI=1S/C13H18ClN3O/c1-2-8-15-11-7-6-10(14)12(17-11)13(18)16-9-4-3-5-9/h6-7,9H,2-5,8H2,1H3,(H,15,17)(H,16,18). The zero-order valence-corrected chi connectivity index (χ0v) is 11.3. The van der Waals surface area contributed by atoms with E-state index >= 15 is 0 Å². The summed E-state index contributed by atoms with van der Waals surface area (Å²) in [6.07, 6.45) is 4.30. The molecule has 5 heteroatoms. The molecule has 2 rings (SSSR count). The summed E-state index contributed by atoms with van der Waals surface area (Å²) in [7, 11) is 0. The topological polar surface area (TPSA) is 54.0 Å². The SMILES string of the molecule is CCCNc1ccc(Cl)c(C(=O)NC2CCC2)n1. The lowest BCUT2D eigenvalue weighted by molar-refractivity contribution is 0.0912. The molecular formula is C13H18ClN3O. The number of rotatable bonds is 5. The van der Waals surface area contributed by atoms with Gasteiger partial charge in [0, 0.05) is 12.6 Å². The van der Waals surface area contributed by atoms with Gasteiger partial charge in [0.05, 0.1) is 5.02 Å². The van der Waals surface area contributed by atoms with Gasteiger partial charge in [-0.3, -0.25) is 4.79 Å². The molecule has 1 aromatic heterocycles. The lowest BCUT2D eigenvalue weighted by Gasteiger charge is -2.26. The van der Waals surface area contributed by atoms with Crippen molar-refractivity contribution in [3.63, 3.8) is 0 Å². The number of amides is 1. The van der Waals surface area contributed by atoms with E-state index in [2.05, 4.69) is 22.5 Å². The van der Waals surface area contributed by atoms with E-state index in [4.69, 9.17) is 11.6 Å². The average Bonchev–Trinajstić information content (AvgIpc) is 2.32. The molecule has 2 N–H and O–H groups in total. The molecule has 0 radical (unpaired) electrons. The smallest absolute Gasteiger partial charge is 0.271 e. The number of carbonyl (C=O) groups is 1. The van der Waals surface area contributed by atoms with Crippen molar-refractivity contribution in [2.75, 3.05) is 11.9 Å². The number of nitrogens with one attached hydrogen (secondary N) is 2. The van der Waals surface area contributed by atoms with Gasteiger partial charge in [0.2, 0.25) is 0 Å². The van der Waals surface area contributed by atoms with E-state index in [1.54, 1.807) is 12.1 Å². The van der Waals surface area contributed by atoms with Gasteiger partial charge in [-0.2, -0.15) is 0 Å². The highest BCUT2D eigenvalue weighted by Crippen LogP contribution is 2.21. The van der Waals surface area contributed by atoms with Crippen LogP contribution in [0.3, 0.4) is 0 Å². The van der Waals surface area contributed by atoms with E-state index in [1.165, 1.54) is 6.42 Å². The zero-order chi connectivity index (χ0) is 13.0. The highest BCUT2D eigenvalue weighted by atomic mass is 35.5. The summed E-state index contributed by atoms with van der Waals surface area (Å²) >= 11 is 6.02. The van der Waals surface area contributed by atoms with Crippen molar-refractivity contribution < 1.29 is 4.79 Å².